The van der Waals surface area contributed by atoms with Crippen molar-refractivity contribution in [1.82, 2.24) is 15.2 Å². The number of nitrogens with zero attached hydrogens (tertiary/aromatic N) is 2. The first kappa shape index (κ1) is 24.2. The monoisotopic (exact) mass is 489 g/mol. The van der Waals surface area contributed by atoms with Crippen LogP contribution < -0.4 is 10.1 Å². The molecule has 188 valence electrons. The van der Waals surface area contributed by atoms with Crippen molar-refractivity contribution in [2.24, 2.45) is 5.41 Å². The third-order valence-electron chi connectivity index (χ3n) is 7.47. The maximum Gasteiger partial charge on any atom is 0.257 e. The third kappa shape index (κ3) is 5.20. The van der Waals surface area contributed by atoms with Gasteiger partial charge in [-0.25, -0.2) is 0 Å². The molecule has 0 bridgehead atoms. The summed E-state index contributed by atoms with van der Waals surface area (Å²) in [5.74, 6) is 0.256. The van der Waals surface area contributed by atoms with Crippen molar-refractivity contribution in [3.63, 3.8) is 0 Å². The van der Waals surface area contributed by atoms with Crippen molar-refractivity contribution in [3.05, 3.63) is 71.9 Å². The number of nitrogens with one attached hydrogen (secondary N) is 1. The van der Waals surface area contributed by atoms with Crippen LogP contribution in [0.25, 0.3) is 10.9 Å². The number of pyridine rings is 1. The number of fused-ring (bicyclic) bond motifs is 2. The lowest BCUT2D eigenvalue weighted by molar-refractivity contribution is -0.124. The zero-order valence-corrected chi connectivity index (χ0v) is 20.1. The zero-order valence-electron chi connectivity index (χ0n) is 20.1. The van der Waals surface area contributed by atoms with E-state index in [1.807, 2.05) is 47.4 Å². The topological polar surface area (TPSA) is 112 Å². The predicted molar refractivity (Wildman–Crippen MR) is 135 cm³/mol. The fourth-order valence-corrected chi connectivity index (χ4v) is 5.26. The number of hydrogen-bond donors (Lipinski definition) is 3. The molecule has 36 heavy (non-hydrogen) atoms. The van der Waals surface area contributed by atoms with Crippen molar-refractivity contribution >= 4 is 22.7 Å². The number of aromatic nitrogens is 1. The van der Waals surface area contributed by atoms with Gasteiger partial charge in [0.2, 0.25) is 0 Å². The minimum Gasteiger partial charge on any atom is -0.483 e. The normalized spacial score (nSPS) is 22.6. The van der Waals surface area contributed by atoms with Crippen LogP contribution in [0.15, 0.2) is 60.8 Å². The van der Waals surface area contributed by atoms with Crippen LogP contribution in [0.2, 0.25) is 0 Å². The largest absolute Gasteiger partial charge is 0.483 e. The average Bonchev–Trinajstić information content (AvgIpc) is 2.90. The molecule has 1 aromatic heterocycles. The predicted octanol–water partition coefficient (Wildman–Crippen LogP) is 2.32. The molecular formula is C28H31N3O5. The van der Waals surface area contributed by atoms with Crippen molar-refractivity contribution in [1.29, 1.82) is 0 Å². The van der Waals surface area contributed by atoms with E-state index >= 15 is 0 Å². The fraction of sp³-hybridized carbons (Fsp3) is 0.393. The number of carbonyl (C=O) groups is 2. The molecule has 1 spiro atoms. The smallest absolute Gasteiger partial charge is 0.257 e. The molecule has 3 aromatic rings. The summed E-state index contributed by atoms with van der Waals surface area (Å²) in [5.41, 5.74) is 1.77. The minimum atomic E-state index is -0.968. The number of para-hydroxylation sites is 1. The molecule has 2 amide bonds. The van der Waals surface area contributed by atoms with Gasteiger partial charge in [0, 0.05) is 43.2 Å². The molecule has 5 rings (SSSR count). The third-order valence-corrected chi connectivity index (χ3v) is 7.47. The number of hydrogen-bond acceptors (Lipinski definition) is 6. The van der Waals surface area contributed by atoms with E-state index in [9.17, 15) is 19.8 Å². The highest BCUT2D eigenvalue weighted by Crippen LogP contribution is 2.37. The molecule has 0 aliphatic carbocycles. The molecule has 2 aliphatic rings. The van der Waals surface area contributed by atoms with Crippen molar-refractivity contribution in [2.45, 2.75) is 37.9 Å². The average molecular weight is 490 g/mol. The highest BCUT2D eigenvalue weighted by Gasteiger charge is 2.39. The summed E-state index contributed by atoms with van der Waals surface area (Å²) in [6.45, 7) is 1.24. The van der Waals surface area contributed by atoms with E-state index in [1.54, 1.807) is 18.3 Å². The van der Waals surface area contributed by atoms with Crippen LogP contribution in [0.3, 0.4) is 0 Å². The maximum atomic E-state index is 13.2. The van der Waals surface area contributed by atoms with Gasteiger partial charge in [-0.3, -0.25) is 14.6 Å². The Morgan fingerprint density at radius 3 is 2.69 bits per heavy atom. The number of ether oxygens (including phenoxy) is 1. The molecule has 3 heterocycles. The Hall–Kier alpha value is -3.49. The molecule has 8 heteroatoms. The van der Waals surface area contributed by atoms with E-state index in [0.717, 1.165) is 16.5 Å². The minimum absolute atomic E-state index is 0.0432. The molecular weight excluding hydrogens is 458 g/mol. The standard InChI is InChI=1S/C28H31N3O5/c32-23-15-20-4-1-2-6-25(20)36-17-26(34)30-18-28(16-24(23)33)9-12-31(13-10-28)27(35)21-7-8-22-19(14-21)5-3-11-29-22/h1-8,11,14,23-24,32-33H,9-10,12-13,15-18H2,(H,30,34)/t23-,24+/m0/s1. The van der Waals surface area contributed by atoms with Crippen LogP contribution in [0.4, 0.5) is 0 Å². The molecule has 0 saturated carbocycles. The Labute approximate surface area is 209 Å². The summed E-state index contributed by atoms with van der Waals surface area (Å²) < 4.78 is 5.70. The molecule has 8 nitrogen and oxygen atoms in total. The first-order valence-electron chi connectivity index (χ1n) is 12.4. The number of aliphatic hydroxyl groups is 2. The zero-order chi connectivity index (χ0) is 25.1. The Morgan fingerprint density at radius 2 is 1.86 bits per heavy atom. The van der Waals surface area contributed by atoms with E-state index in [0.29, 0.717) is 50.2 Å². The lowest BCUT2D eigenvalue weighted by Gasteiger charge is -2.43. The molecule has 1 saturated heterocycles. The van der Waals surface area contributed by atoms with E-state index in [2.05, 4.69) is 10.3 Å². The van der Waals surface area contributed by atoms with Gasteiger partial charge < -0.3 is 25.2 Å². The lowest BCUT2D eigenvalue weighted by Crippen LogP contribution is -2.51. The number of rotatable bonds is 1. The Bertz CT molecular complexity index is 1250. The number of likely N-dealkylation sites (tertiary alicyclic amines) is 1. The molecule has 0 unspecified atom stereocenters. The quantitative estimate of drug-likeness (QED) is 0.484. The number of piperidine rings is 1. The van der Waals surface area contributed by atoms with Crippen LogP contribution in [0.5, 0.6) is 5.75 Å². The van der Waals surface area contributed by atoms with Gasteiger partial charge in [0.05, 0.1) is 17.7 Å². The summed E-state index contributed by atoms with van der Waals surface area (Å²) in [6, 6.07) is 16.5. The van der Waals surface area contributed by atoms with E-state index in [-0.39, 0.29) is 24.8 Å². The second-order valence-electron chi connectivity index (χ2n) is 9.92. The van der Waals surface area contributed by atoms with Gasteiger partial charge >= 0.3 is 0 Å². The van der Waals surface area contributed by atoms with Gasteiger partial charge in [0.25, 0.3) is 11.8 Å². The number of carbonyl (C=O) groups excluding carboxylic acids is 2. The van der Waals surface area contributed by atoms with Crippen molar-refractivity contribution in [2.75, 3.05) is 26.2 Å². The van der Waals surface area contributed by atoms with Crippen LogP contribution in [0, 0.1) is 5.41 Å². The molecule has 0 radical (unpaired) electrons. The SMILES string of the molecule is O=C1COc2ccccc2C[C@H](O)[C@H](O)CC2(CCN(C(=O)c3ccc4ncccc4c3)CC2)CN1. The summed E-state index contributed by atoms with van der Waals surface area (Å²) in [5, 5.41) is 25.6. The number of amides is 2. The molecule has 3 N–H and O–H groups in total. The Balaban J connectivity index is 1.30. The Morgan fingerprint density at radius 1 is 1.06 bits per heavy atom. The summed E-state index contributed by atoms with van der Waals surface area (Å²) in [6.07, 6.45) is 1.58. The van der Waals surface area contributed by atoms with Crippen molar-refractivity contribution < 1.29 is 24.5 Å². The van der Waals surface area contributed by atoms with Gasteiger partial charge in [-0.15, -0.1) is 0 Å². The van der Waals surface area contributed by atoms with Crippen LogP contribution in [0.1, 0.15) is 35.2 Å². The van der Waals surface area contributed by atoms with E-state index in [1.165, 1.54) is 0 Å². The second kappa shape index (κ2) is 10.2. The van der Waals surface area contributed by atoms with Crippen molar-refractivity contribution in [3.8, 4) is 5.75 Å². The van der Waals surface area contributed by atoms with Crippen LogP contribution >= 0.6 is 0 Å². The lowest BCUT2D eigenvalue weighted by atomic mass is 9.73. The van der Waals surface area contributed by atoms with Gasteiger partial charge in [0.15, 0.2) is 6.61 Å². The molecule has 2 atom stereocenters. The van der Waals surface area contributed by atoms with Gasteiger partial charge in [-0.1, -0.05) is 24.3 Å². The molecule has 1 fully saturated rings. The second-order valence-corrected chi connectivity index (χ2v) is 9.92. The first-order valence-corrected chi connectivity index (χ1v) is 12.4. The van der Waals surface area contributed by atoms with E-state index < -0.39 is 17.6 Å². The highest BCUT2D eigenvalue weighted by atomic mass is 16.5. The van der Waals surface area contributed by atoms with Gasteiger partial charge in [-0.2, -0.15) is 0 Å². The maximum absolute atomic E-state index is 13.2. The molecule has 2 aromatic carbocycles. The summed E-state index contributed by atoms with van der Waals surface area (Å²) in [4.78, 5) is 31.9. The summed E-state index contributed by atoms with van der Waals surface area (Å²) >= 11 is 0. The molecule has 2 aliphatic heterocycles. The van der Waals surface area contributed by atoms with E-state index in [4.69, 9.17) is 4.74 Å². The fourth-order valence-electron chi connectivity index (χ4n) is 5.26. The number of aliphatic hydroxyl groups excluding tert-OH is 2. The summed E-state index contributed by atoms with van der Waals surface area (Å²) in [7, 11) is 0. The number of benzene rings is 2. The van der Waals surface area contributed by atoms with Crippen LogP contribution in [-0.2, 0) is 11.2 Å². The first-order chi connectivity index (χ1) is 17.4. The Kier molecular flexibility index (Phi) is 6.89. The van der Waals surface area contributed by atoms with Gasteiger partial charge in [-0.05, 0) is 60.6 Å². The van der Waals surface area contributed by atoms with Gasteiger partial charge in [0.1, 0.15) is 5.75 Å². The van der Waals surface area contributed by atoms with Crippen LogP contribution in [-0.4, -0.2) is 70.4 Å². The highest BCUT2D eigenvalue weighted by molar-refractivity contribution is 5.98.